The normalized spacial score (nSPS) is 15.2. The summed E-state index contributed by atoms with van der Waals surface area (Å²) in [5.74, 6) is -0.581. The van der Waals surface area contributed by atoms with E-state index in [-0.39, 0.29) is 29.3 Å². The van der Waals surface area contributed by atoms with Crippen molar-refractivity contribution in [1.29, 1.82) is 0 Å². The second kappa shape index (κ2) is 8.01. The van der Waals surface area contributed by atoms with Gasteiger partial charge >= 0.3 is 6.01 Å². The number of piperidine rings is 1. The molecule has 0 radical (unpaired) electrons. The third kappa shape index (κ3) is 4.82. The fraction of sp³-hybridized carbons (Fsp3) is 0.400. The summed E-state index contributed by atoms with van der Waals surface area (Å²) in [7, 11) is 0. The van der Waals surface area contributed by atoms with Gasteiger partial charge in [-0.2, -0.15) is 0 Å². The molecule has 25 heavy (non-hydrogen) atoms. The Bertz CT molecular complexity index is 752. The molecule has 1 saturated heterocycles. The molecular formula is C15H15BrClFN4O3. The number of aromatic nitrogens is 2. The molecule has 0 aliphatic carbocycles. The van der Waals surface area contributed by atoms with Crippen LogP contribution < -0.4 is 15.0 Å². The van der Waals surface area contributed by atoms with Gasteiger partial charge < -0.3 is 19.4 Å². The van der Waals surface area contributed by atoms with E-state index >= 15 is 0 Å². The maximum Gasteiger partial charge on any atom is 0.318 e. The fourth-order valence-corrected chi connectivity index (χ4v) is 2.87. The zero-order valence-corrected chi connectivity index (χ0v) is 15.4. The molecule has 0 saturated carbocycles. The first-order valence-corrected chi connectivity index (χ1v) is 8.79. The highest BCUT2D eigenvalue weighted by Gasteiger charge is 2.23. The number of anilines is 1. The van der Waals surface area contributed by atoms with E-state index in [0.29, 0.717) is 23.9 Å². The van der Waals surface area contributed by atoms with Crippen molar-refractivity contribution in [3.05, 3.63) is 33.8 Å². The minimum atomic E-state index is -0.584. The van der Waals surface area contributed by atoms with E-state index in [9.17, 15) is 9.18 Å². The fourth-order valence-electron chi connectivity index (χ4n) is 2.53. The molecule has 1 amide bonds. The SMILES string of the molecule is O=C(COc1ccc(Cl)c(F)c1)NC1CCN(c2nnc(Br)o2)CC1. The van der Waals surface area contributed by atoms with Crippen molar-refractivity contribution >= 4 is 39.5 Å². The van der Waals surface area contributed by atoms with Crippen LogP contribution in [0.4, 0.5) is 10.4 Å². The lowest BCUT2D eigenvalue weighted by atomic mass is 10.1. The summed E-state index contributed by atoms with van der Waals surface area (Å²) in [4.78, 5) is 14.3. The number of nitrogens with zero attached hydrogens (tertiary/aromatic N) is 3. The molecule has 1 aromatic carbocycles. The van der Waals surface area contributed by atoms with Crippen LogP contribution in [0.5, 0.6) is 5.75 Å². The van der Waals surface area contributed by atoms with E-state index in [4.69, 9.17) is 20.8 Å². The molecule has 2 aromatic rings. The average molecular weight is 434 g/mol. The van der Waals surface area contributed by atoms with Crippen LogP contribution in [-0.2, 0) is 4.79 Å². The van der Waals surface area contributed by atoms with Crippen molar-refractivity contribution in [2.75, 3.05) is 24.6 Å². The van der Waals surface area contributed by atoms with Crippen LogP contribution in [0.3, 0.4) is 0 Å². The Hall–Kier alpha value is -1.87. The minimum absolute atomic E-state index is 0.0110. The number of halogens is 3. The van der Waals surface area contributed by atoms with Gasteiger partial charge in [-0.25, -0.2) is 4.39 Å². The molecule has 0 bridgehead atoms. The van der Waals surface area contributed by atoms with Crippen molar-refractivity contribution in [3.63, 3.8) is 0 Å². The summed E-state index contributed by atoms with van der Waals surface area (Å²) in [5.41, 5.74) is 0. The molecule has 0 spiro atoms. The number of hydrogen-bond acceptors (Lipinski definition) is 6. The zero-order chi connectivity index (χ0) is 17.8. The maximum absolute atomic E-state index is 13.3. The van der Waals surface area contributed by atoms with Crippen molar-refractivity contribution in [2.24, 2.45) is 0 Å². The van der Waals surface area contributed by atoms with Crippen LogP contribution in [0, 0.1) is 5.82 Å². The predicted octanol–water partition coefficient (Wildman–Crippen LogP) is 2.79. The first kappa shape index (κ1) is 17.9. The highest BCUT2D eigenvalue weighted by atomic mass is 79.9. The van der Waals surface area contributed by atoms with Crippen LogP contribution in [0.15, 0.2) is 27.4 Å². The first-order chi connectivity index (χ1) is 12.0. The van der Waals surface area contributed by atoms with E-state index in [0.717, 1.165) is 18.9 Å². The molecule has 1 N–H and O–H groups in total. The van der Waals surface area contributed by atoms with Gasteiger partial charge in [0.25, 0.3) is 10.7 Å². The molecule has 1 aromatic heterocycles. The number of benzene rings is 1. The highest BCUT2D eigenvalue weighted by Crippen LogP contribution is 2.21. The van der Waals surface area contributed by atoms with Crippen molar-refractivity contribution in [1.82, 2.24) is 15.5 Å². The number of nitrogens with one attached hydrogen (secondary N) is 1. The Labute approximate surface area is 156 Å². The summed E-state index contributed by atoms with van der Waals surface area (Å²) >= 11 is 8.72. The molecule has 2 heterocycles. The maximum atomic E-state index is 13.3. The molecule has 0 atom stereocenters. The van der Waals surface area contributed by atoms with Crippen molar-refractivity contribution in [2.45, 2.75) is 18.9 Å². The Morgan fingerprint density at radius 3 is 2.84 bits per heavy atom. The lowest BCUT2D eigenvalue weighted by Gasteiger charge is -2.30. The lowest BCUT2D eigenvalue weighted by molar-refractivity contribution is -0.123. The molecule has 3 rings (SSSR count). The number of carbonyl (C=O) groups excluding carboxylic acids is 1. The van der Waals surface area contributed by atoms with Crippen LogP contribution in [-0.4, -0.2) is 41.8 Å². The van der Waals surface area contributed by atoms with E-state index in [1.165, 1.54) is 12.1 Å². The second-order valence-corrected chi connectivity index (χ2v) is 6.62. The van der Waals surface area contributed by atoms with Crippen LogP contribution in [0.1, 0.15) is 12.8 Å². The molecule has 134 valence electrons. The van der Waals surface area contributed by atoms with E-state index in [1.54, 1.807) is 0 Å². The van der Waals surface area contributed by atoms with Gasteiger partial charge in [-0.15, -0.1) is 0 Å². The van der Waals surface area contributed by atoms with E-state index < -0.39 is 5.82 Å². The van der Waals surface area contributed by atoms with Gasteiger partial charge in [-0.1, -0.05) is 21.8 Å². The van der Waals surface area contributed by atoms with Crippen LogP contribution >= 0.6 is 27.5 Å². The van der Waals surface area contributed by atoms with Crippen LogP contribution in [0.25, 0.3) is 0 Å². The van der Waals surface area contributed by atoms with E-state index in [1.807, 2.05) is 4.90 Å². The Morgan fingerprint density at radius 1 is 1.44 bits per heavy atom. The lowest BCUT2D eigenvalue weighted by Crippen LogP contribution is -2.46. The zero-order valence-electron chi connectivity index (χ0n) is 13.0. The molecule has 1 aliphatic heterocycles. The third-order valence-electron chi connectivity index (χ3n) is 3.78. The predicted molar refractivity (Wildman–Crippen MR) is 92.3 cm³/mol. The summed E-state index contributed by atoms with van der Waals surface area (Å²) in [6, 6.07) is 4.55. The van der Waals surface area contributed by atoms with Gasteiger partial charge in [0.15, 0.2) is 6.61 Å². The molecular weight excluding hydrogens is 419 g/mol. The summed E-state index contributed by atoms with van der Waals surface area (Å²) < 4.78 is 23.9. The molecule has 1 aliphatic rings. The van der Waals surface area contributed by atoms with Crippen LogP contribution in [0.2, 0.25) is 5.02 Å². The van der Waals surface area contributed by atoms with Gasteiger partial charge in [-0.05, 0) is 25.0 Å². The Morgan fingerprint density at radius 2 is 2.20 bits per heavy atom. The quantitative estimate of drug-likeness (QED) is 0.781. The molecule has 0 unspecified atom stereocenters. The smallest absolute Gasteiger partial charge is 0.318 e. The topological polar surface area (TPSA) is 80.5 Å². The summed E-state index contributed by atoms with van der Waals surface area (Å²) in [6.07, 6.45) is 1.50. The van der Waals surface area contributed by atoms with Crippen molar-refractivity contribution in [3.8, 4) is 5.75 Å². The highest BCUT2D eigenvalue weighted by molar-refractivity contribution is 9.10. The number of amides is 1. The average Bonchev–Trinajstić information content (AvgIpc) is 3.03. The van der Waals surface area contributed by atoms with Gasteiger partial charge in [0.1, 0.15) is 11.6 Å². The second-order valence-electron chi connectivity index (χ2n) is 5.53. The first-order valence-electron chi connectivity index (χ1n) is 7.62. The molecule has 1 fully saturated rings. The minimum Gasteiger partial charge on any atom is -0.484 e. The molecule has 7 nitrogen and oxygen atoms in total. The van der Waals surface area contributed by atoms with Gasteiger partial charge in [-0.3, -0.25) is 4.79 Å². The van der Waals surface area contributed by atoms with Crippen molar-refractivity contribution < 1.29 is 18.3 Å². The Balaban J connectivity index is 1.42. The van der Waals surface area contributed by atoms with Gasteiger partial charge in [0, 0.05) is 41.1 Å². The van der Waals surface area contributed by atoms with Gasteiger partial charge in [0.05, 0.1) is 5.02 Å². The Kier molecular flexibility index (Phi) is 5.74. The largest absolute Gasteiger partial charge is 0.484 e. The summed E-state index contributed by atoms with van der Waals surface area (Å²) in [6.45, 7) is 1.21. The number of ether oxygens (including phenoxy) is 1. The number of hydrogen-bond donors (Lipinski definition) is 1. The number of carbonyl (C=O) groups is 1. The van der Waals surface area contributed by atoms with E-state index in [2.05, 4.69) is 31.4 Å². The van der Waals surface area contributed by atoms with Gasteiger partial charge in [0.2, 0.25) is 0 Å². The standard InChI is InChI=1S/C15H15BrClFN4O3/c16-14-20-21-15(25-14)22-5-3-9(4-6-22)19-13(23)8-24-10-1-2-11(17)12(18)7-10/h1-2,7,9H,3-6,8H2,(H,19,23). The monoisotopic (exact) mass is 432 g/mol. The molecule has 10 heteroatoms. The summed E-state index contributed by atoms with van der Waals surface area (Å²) in [5, 5.41) is 10.6. The number of rotatable bonds is 5. The third-order valence-corrected chi connectivity index (χ3v) is 4.41.